The van der Waals surface area contributed by atoms with Gasteiger partial charge < -0.3 is 16.0 Å². The van der Waals surface area contributed by atoms with Crippen molar-refractivity contribution in [1.82, 2.24) is 20.3 Å². The Balaban J connectivity index is 0.000000179. The van der Waals surface area contributed by atoms with Crippen LogP contribution in [0.2, 0.25) is 5.02 Å². The topological polar surface area (TPSA) is 79.6 Å². The molecular formula is C22H27ClFN5. The number of aromatic amines is 1. The number of hydrogen-bond donors (Lipinski definition) is 3. The summed E-state index contributed by atoms with van der Waals surface area (Å²) in [7, 11) is 0. The molecular weight excluding hydrogens is 389 g/mol. The molecule has 0 spiro atoms. The summed E-state index contributed by atoms with van der Waals surface area (Å²) >= 11 is 6.10. The number of halogens is 2. The number of nitrogens with two attached hydrogens (primary N) is 1. The van der Waals surface area contributed by atoms with Crippen molar-refractivity contribution in [2.45, 2.75) is 40.0 Å². The predicted molar refractivity (Wildman–Crippen MR) is 121 cm³/mol. The van der Waals surface area contributed by atoms with Gasteiger partial charge in [-0.2, -0.15) is 0 Å². The van der Waals surface area contributed by atoms with Crippen molar-refractivity contribution in [3.63, 3.8) is 0 Å². The van der Waals surface area contributed by atoms with Gasteiger partial charge in [-0.3, -0.25) is 0 Å². The molecule has 0 saturated heterocycles. The Kier molecular flexibility index (Phi) is 8.21. The van der Waals surface area contributed by atoms with Crippen molar-refractivity contribution < 1.29 is 4.39 Å². The lowest BCUT2D eigenvalue weighted by atomic mass is 10.00. The smallest absolute Gasteiger partial charge is 0.153 e. The SMILES string of the molecule is C=C1NC(CC)=Cc2cccc(Cl)c21.CCCC.Nc1ncnc2[nH]cc(F)c12. The highest BCUT2D eigenvalue weighted by Gasteiger charge is 2.14. The normalized spacial score (nSPS) is 12.0. The van der Waals surface area contributed by atoms with Gasteiger partial charge in [-0.15, -0.1) is 0 Å². The maximum atomic E-state index is 12.8. The molecule has 1 aliphatic heterocycles. The van der Waals surface area contributed by atoms with E-state index < -0.39 is 5.82 Å². The molecule has 3 heterocycles. The Morgan fingerprint density at radius 3 is 2.52 bits per heavy atom. The van der Waals surface area contributed by atoms with Crippen LogP contribution in [0.15, 0.2) is 43.0 Å². The van der Waals surface area contributed by atoms with Crippen molar-refractivity contribution in [3.8, 4) is 0 Å². The zero-order valence-electron chi connectivity index (χ0n) is 17.0. The summed E-state index contributed by atoms with van der Waals surface area (Å²) in [6.07, 6.45) is 8.23. The van der Waals surface area contributed by atoms with E-state index in [9.17, 15) is 4.39 Å². The number of aromatic nitrogens is 3. The summed E-state index contributed by atoms with van der Waals surface area (Å²) in [5.74, 6) is -0.258. The summed E-state index contributed by atoms with van der Waals surface area (Å²) in [6, 6.07) is 5.91. The molecule has 0 unspecified atom stereocenters. The average Bonchev–Trinajstić information content (AvgIpc) is 3.10. The third-order valence-electron chi connectivity index (χ3n) is 4.32. The molecule has 1 aromatic carbocycles. The molecule has 4 rings (SSSR count). The standard InChI is InChI=1S/C12H12ClN.C6H5FN4.C4H10/c1-3-10-7-9-5-4-6-11(13)12(9)8(2)14-10;7-3-1-9-6-4(3)5(8)10-2-11-6;1-3-4-2/h4-7,14H,2-3H2,1H3;1-2H,(H3,8,9,10,11);3-4H2,1-2H3. The molecule has 0 radical (unpaired) electrons. The molecule has 0 bridgehead atoms. The van der Waals surface area contributed by atoms with Crippen LogP contribution in [0.5, 0.6) is 0 Å². The molecule has 7 heteroatoms. The van der Waals surface area contributed by atoms with Crippen molar-refractivity contribution in [2.75, 3.05) is 5.73 Å². The van der Waals surface area contributed by atoms with Gasteiger partial charge in [-0.25, -0.2) is 14.4 Å². The number of anilines is 1. The lowest BCUT2D eigenvalue weighted by Crippen LogP contribution is -2.15. The maximum Gasteiger partial charge on any atom is 0.153 e. The summed E-state index contributed by atoms with van der Waals surface area (Å²) in [6.45, 7) is 10.5. The van der Waals surface area contributed by atoms with E-state index in [0.717, 1.165) is 28.3 Å². The molecule has 0 aliphatic carbocycles. The van der Waals surface area contributed by atoms with Gasteiger partial charge in [0.1, 0.15) is 17.8 Å². The van der Waals surface area contributed by atoms with Crippen molar-refractivity contribution in [2.24, 2.45) is 0 Å². The molecule has 0 saturated carbocycles. The highest BCUT2D eigenvalue weighted by molar-refractivity contribution is 6.32. The van der Waals surface area contributed by atoms with Gasteiger partial charge in [0.05, 0.1) is 10.4 Å². The summed E-state index contributed by atoms with van der Waals surface area (Å²) in [4.78, 5) is 10.0. The van der Waals surface area contributed by atoms with Crippen LogP contribution in [0.1, 0.15) is 51.2 Å². The average molecular weight is 416 g/mol. The van der Waals surface area contributed by atoms with E-state index in [4.69, 9.17) is 17.3 Å². The Morgan fingerprint density at radius 1 is 1.17 bits per heavy atom. The Bertz CT molecular complexity index is 1010. The lowest BCUT2D eigenvalue weighted by molar-refractivity contribution is 0.639. The number of fused-ring (bicyclic) bond motifs is 2. The van der Waals surface area contributed by atoms with E-state index in [1.165, 1.54) is 31.1 Å². The first kappa shape index (κ1) is 22.4. The van der Waals surface area contributed by atoms with Crippen molar-refractivity contribution >= 4 is 40.2 Å². The molecule has 29 heavy (non-hydrogen) atoms. The fourth-order valence-electron chi connectivity index (χ4n) is 2.60. The summed E-state index contributed by atoms with van der Waals surface area (Å²) in [5, 5.41) is 4.26. The van der Waals surface area contributed by atoms with Crippen LogP contribution >= 0.6 is 11.6 Å². The number of unbranched alkanes of at least 4 members (excludes halogenated alkanes) is 1. The second-order valence-corrected chi connectivity index (χ2v) is 6.86. The monoisotopic (exact) mass is 415 g/mol. The van der Waals surface area contributed by atoms with Gasteiger partial charge in [0.2, 0.25) is 0 Å². The number of hydrogen-bond acceptors (Lipinski definition) is 4. The second-order valence-electron chi connectivity index (χ2n) is 6.45. The zero-order chi connectivity index (χ0) is 21.4. The van der Waals surface area contributed by atoms with E-state index in [1.807, 2.05) is 12.1 Å². The largest absolute Gasteiger partial charge is 0.383 e. The number of allylic oxidation sites excluding steroid dienone is 1. The Morgan fingerprint density at radius 2 is 1.90 bits per heavy atom. The Hall–Kier alpha value is -2.86. The summed E-state index contributed by atoms with van der Waals surface area (Å²) < 4.78 is 12.8. The first-order valence-corrected chi connectivity index (χ1v) is 9.99. The van der Waals surface area contributed by atoms with Gasteiger partial charge in [0.25, 0.3) is 0 Å². The maximum absolute atomic E-state index is 12.8. The number of nitrogens with zero attached hydrogens (tertiary/aromatic N) is 2. The number of benzene rings is 1. The third kappa shape index (κ3) is 5.57. The van der Waals surface area contributed by atoms with Crippen LogP contribution < -0.4 is 11.1 Å². The Labute approximate surface area is 175 Å². The molecule has 2 aromatic heterocycles. The molecule has 1 aliphatic rings. The summed E-state index contributed by atoms with van der Waals surface area (Å²) in [5.41, 5.74) is 10.1. The zero-order valence-corrected chi connectivity index (χ0v) is 17.8. The van der Waals surface area contributed by atoms with Gasteiger partial charge in [-0.1, -0.05) is 63.9 Å². The van der Waals surface area contributed by atoms with Gasteiger partial charge in [-0.05, 0) is 24.1 Å². The van der Waals surface area contributed by atoms with Gasteiger partial charge >= 0.3 is 0 Å². The first-order chi connectivity index (χ1) is 13.9. The highest BCUT2D eigenvalue weighted by atomic mass is 35.5. The van der Waals surface area contributed by atoms with Crippen molar-refractivity contribution in [1.29, 1.82) is 0 Å². The molecule has 5 nitrogen and oxygen atoms in total. The molecule has 3 aromatic rings. The second kappa shape index (κ2) is 10.6. The van der Waals surface area contributed by atoms with Crippen LogP contribution in [0.4, 0.5) is 10.2 Å². The van der Waals surface area contributed by atoms with Crippen LogP contribution in [-0.4, -0.2) is 15.0 Å². The number of nitrogens with one attached hydrogen (secondary N) is 2. The minimum Gasteiger partial charge on any atom is -0.383 e. The molecule has 0 fully saturated rings. The van der Waals surface area contributed by atoms with Crippen LogP contribution in [0, 0.1) is 5.82 Å². The molecule has 154 valence electrons. The number of rotatable bonds is 2. The molecule has 4 N–H and O–H groups in total. The van der Waals surface area contributed by atoms with Crippen LogP contribution in [-0.2, 0) is 0 Å². The van der Waals surface area contributed by atoms with Gasteiger partial charge in [0.15, 0.2) is 5.82 Å². The van der Waals surface area contributed by atoms with Crippen LogP contribution in [0.25, 0.3) is 22.8 Å². The van der Waals surface area contributed by atoms with Crippen LogP contribution in [0.3, 0.4) is 0 Å². The fraction of sp³-hybridized carbons (Fsp3) is 0.273. The highest BCUT2D eigenvalue weighted by Crippen LogP contribution is 2.31. The number of nitrogen functional groups attached to an aromatic ring is 1. The third-order valence-corrected chi connectivity index (χ3v) is 4.64. The van der Waals surface area contributed by atoms with Crippen molar-refractivity contribution in [3.05, 3.63) is 65.0 Å². The van der Waals surface area contributed by atoms with E-state index in [2.05, 4.69) is 59.8 Å². The minimum absolute atomic E-state index is 0.161. The van der Waals surface area contributed by atoms with E-state index in [1.54, 1.807) is 0 Å². The first-order valence-electron chi connectivity index (χ1n) is 9.61. The molecule has 0 atom stereocenters. The minimum atomic E-state index is -0.418. The van der Waals surface area contributed by atoms with E-state index >= 15 is 0 Å². The fourth-order valence-corrected chi connectivity index (χ4v) is 2.89. The number of H-pyrrole nitrogens is 1. The molecule has 0 amide bonds. The predicted octanol–water partition coefficient (Wildman–Crippen LogP) is 6.15. The van der Waals surface area contributed by atoms with E-state index in [0.29, 0.717) is 5.65 Å². The lowest BCUT2D eigenvalue weighted by Gasteiger charge is -2.21. The van der Waals surface area contributed by atoms with Gasteiger partial charge in [0, 0.05) is 23.2 Å². The quantitative estimate of drug-likeness (QED) is 0.468. The van der Waals surface area contributed by atoms with E-state index in [-0.39, 0.29) is 11.2 Å².